The molecule has 2 aromatic rings. The summed E-state index contributed by atoms with van der Waals surface area (Å²) in [6, 6.07) is 8.15. The fourth-order valence-electron chi connectivity index (χ4n) is 2.57. The molecule has 0 aliphatic carbocycles. The van der Waals surface area contributed by atoms with Crippen LogP contribution < -0.4 is 11.3 Å². The Bertz CT molecular complexity index is 613. The Hall–Kier alpha value is -1.61. The van der Waals surface area contributed by atoms with Crippen molar-refractivity contribution in [1.29, 1.82) is 0 Å². The quantitative estimate of drug-likeness (QED) is 0.780. The highest BCUT2D eigenvalue weighted by molar-refractivity contribution is 5.83. The normalized spacial score (nSPS) is 14.3. The summed E-state index contributed by atoms with van der Waals surface area (Å²) < 4.78 is 1.89. The fourth-order valence-corrected chi connectivity index (χ4v) is 2.57. The van der Waals surface area contributed by atoms with Gasteiger partial charge in [0.1, 0.15) is 0 Å². The molecule has 1 aromatic heterocycles. The lowest BCUT2D eigenvalue weighted by Gasteiger charge is -2.20. The minimum Gasteiger partial charge on any atom is -0.326 e. The van der Waals surface area contributed by atoms with E-state index in [2.05, 4.69) is 18.2 Å². The molecule has 1 aromatic carbocycles. The van der Waals surface area contributed by atoms with Crippen molar-refractivity contribution in [2.45, 2.75) is 25.9 Å². The number of hydrogen-bond acceptors (Lipinski definition) is 2. The van der Waals surface area contributed by atoms with Crippen LogP contribution in [0.4, 0.5) is 0 Å². The third kappa shape index (κ3) is 1.21. The van der Waals surface area contributed by atoms with Crippen molar-refractivity contribution in [1.82, 2.24) is 4.57 Å². The van der Waals surface area contributed by atoms with Gasteiger partial charge in [0.05, 0.1) is 5.52 Å². The monoisotopic (exact) mass is 214 g/mol. The van der Waals surface area contributed by atoms with E-state index >= 15 is 0 Å². The SMILES string of the molecule is NCc1cc2cccc3c2n(c1=O)CCC3. The average molecular weight is 214 g/mol. The number of aromatic nitrogens is 1. The van der Waals surface area contributed by atoms with Gasteiger partial charge in [-0.15, -0.1) is 0 Å². The van der Waals surface area contributed by atoms with Crippen LogP contribution in [0.2, 0.25) is 0 Å². The number of nitrogens with two attached hydrogens (primary N) is 1. The van der Waals surface area contributed by atoms with Gasteiger partial charge < -0.3 is 10.3 Å². The lowest BCUT2D eigenvalue weighted by molar-refractivity contribution is 0.611. The summed E-state index contributed by atoms with van der Waals surface area (Å²) in [4.78, 5) is 12.1. The number of pyridine rings is 1. The van der Waals surface area contributed by atoms with Crippen molar-refractivity contribution in [2.75, 3.05) is 0 Å². The molecular formula is C13H14N2O. The third-order valence-electron chi connectivity index (χ3n) is 3.32. The first kappa shape index (κ1) is 9.60. The Morgan fingerprint density at radius 3 is 3.06 bits per heavy atom. The second-order valence-electron chi connectivity index (χ2n) is 4.29. The van der Waals surface area contributed by atoms with Crippen LogP contribution in [0.3, 0.4) is 0 Å². The van der Waals surface area contributed by atoms with E-state index in [1.54, 1.807) is 0 Å². The lowest BCUT2D eigenvalue weighted by Crippen LogP contribution is -2.28. The maximum absolute atomic E-state index is 12.1. The molecule has 0 amide bonds. The molecule has 2 N–H and O–H groups in total. The van der Waals surface area contributed by atoms with E-state index in [0.29, 0.717) is 12.1 Å². The summed E-state index contributed by atoms with van der Waals surface area (Å²) in [7, 11) is 0. The van der Waals surface area contributed by atoms with Crippen LogP contribution in [0, 0.1) is 0 Å². The molecule has 0 unspecified atom stereocenters. The minimum atomic E-state index is 0.0853. The van der Waals surface area contributed by atoms with Crippen molar-refractivity contribution in [3.63, 3.8) is 0 Å². The van der Waals surface area contributed by atoms with Crippen molar-refractivity contribution in [3.8, 4) is 0 Å². The molecule has 2 heterocycles. The van der Waals surface area contributed by atoms with Gasteiger partial charge >= 0.3 is 0 Å². The van der Waals surface area contributed by atoms with Crippen LogP contribution >= 0.6 is 0 Å². The van der Waals surface area contributed by atoms with Crippen LogP contribution in [0.25, 0.3) is 10.9 Å². The Labute approximate surface area is 93.5 Å². The largest absolute Gasteiger partial charge is 0.326 e. The molecule has 3 nitrogen and oxygen atoms in total. The zero-order valence-corrected chi connectivity index (χ0v) is 9.07. The molecule has 0 saturated heterocycles. The van der Waals surface area contributed by atoms with Crippen LogP contribution in [-0.4, -0.2) is 4.57 Å². The molecule has 0 spiro atoms. The Balaban J connectivity index is 2.50. The molecule has 3 heteroatoms. The topological polar surface area (TPSA) is 48.0 Å². The maximum atomic E-state index is 12.1. The molecule has 16 heavy (non-hydrogen) atoms. The van der Waals surface area contributed by atoms with Crippen molar-refractivity contribution in [3.05, 3.63) is 45.7 Å². The van der Waals surface area contributed by atoms with Gasteiger partial charge in [0, 0.05) is 18.7 Å². The number of aryl methyl sites for hydroxylation is 2. The molecule has 0 saturated carbocycles. The zero-order valence-electron chi connectivity index (χ0n) is 9.07. The summed E-state index contributed by atoms with van der Waals surface area (Å²) in [6.45, 7) is 1.14. The number of nitrogens with zero attached hydrogens (tertiary/aromatic N) is 1. The summed E-state index contributed by atoms with van der Waals surface area (Å²) in [5.41, 5.74) is 8.80. The highest BCUT2D eigenvalue weighted by Gasteiger charge is 2.14. The zero-order chi connectivity index (χ0) is 11.1. The van der Waals surface area contributed by atoms with Gasteiger partial charge in [-0.3, -0.25) is 4.79 Å². The smallest absolute Gasteiger partial charge is 0.255 e. The highest BCUT2D eigenvalue weighted by Crippen LogP contribution is 2.23. The summed E-state index contributed by atoms with van der Waals surface area (Å²) in [6.07, 6.45) is 2.11. The summed E-state index contributed by atoms with van der Waals surface area (Å²) in [5.74, 6) is 0. The predicted octanol–water partition coefficient (Wildman–Crippen LogP) is 1.41. The van der Waals surface area contributed by atoms with Crippen LogP contribution in [0.5, 0.6) is 0 Å². The van der Waals surface area contributed by atoms with E-state index < -0.39 is 0 Å². The average Bonchev–Trinajstić information content (AvgIpc) is 2.33. The molecule has 82 valence electrons. The standard InChI is InChI=1S/C13H14N2O/c14-8-11-7-10-4-1-3-9-5-2-6-15(12(9)10)13(11)16/h1,3-4,7H,2,5-6,8,14H2. The maximum Gasteiger partial charge on any atom is 0.255 e. The van der Waals surface area contributed by atoms with E-state index in [0.717, 1.165) is 30.3 Å². The van der Waals surface area contributed by atoms with Crippen molar-refractivity contribution < 1.29 is 0 Å². The Kier molecular flexibility index (Phi) is 2.07. The van der Waals surface area contributed by atoms with Crippen molar-refractivity contribution >= 4 is 10.9 Å². The van der Waals surface area contributed by atoms with Gasteiger partial charge in [0.25, 0.3) is 5.56 Å². The molecular weight excluding hydrogens is 200 g/mol. The van der Waals surface area contributed by atoms with Gasteiger partial charge in [-0.1, -0.05) is 18.2 Å². The first-order valence-electron chi connectivity index (χ1n) is 5.65. The molecule has 0 bridgehead atoms. The number of benzene rings is 1. The molecule has 3 rings (SSSR count). The Morgan fingerprint density at radius 1 is 1.38 bits per heavy atom. The van der Waals surface area contributed by atoms with E-state index in [9.17, 15) is 4.79 Å². The van der Waals surface area contributed by atoms with E-state index in [4.69, 9.17) is 5.73 Å². The molecule has 0 atom stereocenters. The van der Waals surface area contributed by atoms with Crippen molar-refractivity contribution in [2.24, 2.45) is 5.73 Å². The number of rotatable bonds is 1. The van der Waals surface area contributed by atoms with Gasteiger partial charge in [-0.2, -0.15) is 0 Å². The highest BCUT2D eigenvalue weighted by atomic mass is 16.1. The van der Waals surface area contributed by atoms with E-state index in [-0.39, 0.29) is 5.56 Å². The molecule has 1 aliphatic rings. The van der Waals surface area contributed by atoms with Gasteiger partial charge in [0.15, 0.2) is 0 Å². The van der Waals surface area contributed by atoms with Crippen LogP contribution in [-0.2, 0) is 19.5 Å². The van der Waals surface area contributed by atoms with Gasteiger partial charge in [0.2, 0.25) is 0 Å². The molecule has 0 radical (unpaired) electrons. The van der Waals surface area contributed by atoms with Gasteiger partial charge in [-0.25, -0.2) is 0 Å². The van der Waals surface area contributed by atoms with Gasteiger partial charge in [-0.05, 0) is 29.9 Å². The molecule has 1 aliphatic heterocycles. The first-order chi connectivity index (χ1) is 7.81. The van der Waals surface area contributed by atoms with E-state index in [1.807, 2.05) is 10.6 Å². The predicted molar refractivity (Wildman–Crippen MR) is 64.4 cm³/mol. The van der Waals surface area contributed by atoms with E-state index in [1.165, 1.54) is 5.56 Å². The number of para-hydroxylation sites is 1. The Morgan fingerprint density at radius 2 is 2.25 bits per heavy atom. The van der Waals surface area contributed by atoms with Crippen LogP contribution in [0.1, 0.15) is 17.5 Å². The fraction of sp³-hybridized carbons (Fsp3) is 0.308. The molecule has 0 fully saturated rings. The third-order valence-corrected chi connectivity index (χ3v) is 3.32. The summed E-state index contributed by atoms with van der Waals surface area (Å²) >= 11 is 0. The first-order valence-corrected chi connectivity index (χ1v) is 5.65. The second kappa shape index (κ2) is 3.46. The second-order valence-corrected chi connectivity index (χ2v) is 4.29. The lowest BCUT2D eigenvalue weighted by atomic mass is 10.00. The number of hydrogen-bond donors (Lipinski definition) is 1. The van der Waals surface area contributed by atoms with Crippen LogP contribution in [0.15, 0.2) is 29.1 Å². The summed E-state index contributed by atoms with van der Waals surface area (Å²) in [5, 5.41) is 1.14. The minimum absolute atomic E-state index is 0.0853.